The van der Waals surface area contributed by atoms with Gasteiger partial charge in [-0.3, -0.25) is 0 Å². The van der Waals surface area contributed by atoms with E-state index in [4.69, 9.17) is 0 Å². The summed E-state index contributed by atoms with van der Waals surface area (Å²) in [7, 11) is 3.73. The molecule has 0 N–H and O–H groups in total. The molecule has 0 aliphatic heterocycles. The number of nitrogens with zero attached hydrogens (tertiary/aromatic N) is 1. The minimum Gasteiger partial charge on any atom is -0.353 e. The molecule has 0 radical (unpaired) electrons. The molecule has 10 heavy (non-hydrogen) atoms. The van der Waals surface area contributed by atoms with Gasteiger partial charge in [0.05, 0.1) is 0 Å². The van der Waals surface area contributed by atoms with Gasteiger partial charge in [0.2, 0.25) is 0 Å². The maximum absolute atomic E-state index is 2.20. The Morgan fingerprint density at radius 2 is 2.00 bits per heavy atom. The standard InChI is InChI=1S/C7H11NS2/c1-9-10-7-6-8-4-2-3-5-8/h2-5H,6-7H2,1H3. The average Bonchev–Trinajstić information content (AvgIpc) is 2.41. The van der Waals surface area contributed by atoms with Crippen molar-refractivity contribution in [2.75, 3.05) is 12.0 Å². The van der Waals surface area contributed by atoms with E-state index >= 15 is 0 Å². The third kappa shape index (κ3) is 2.71. The Balaban J connectivity index is 2.15. The van der Waals surface area contributed by atoms with E-state index in [1.54, 1.807) is 0 Å². The summed E-state index contributed by atoms with van der Waals surface area (Å²) in [5.41, 5.74) is 0. The number of hydrogen-bond acceptors (Lipinski definition) is 2. The van der Waals surface area contributed by atoms with E-state index in [0.717, 1.165) is 6.54 Å². The van der Waals surface area contributed by atoms with Crippen molar-refractivity contribution < 1.29 is 0 Å². The van der Waals surface area contributed by atoms with Crippen molar-refractivity contribution in [3.63, 3.8) is 0 Å². The van der Waals surface area contributed by atoms with Crippen LogP contribution in [0.25, 0.3) is 0 Å². The highest BCUT2D eigenvalue weighted by Crippen LogP contribution is 2.16. The molecule has 1 aromatic rings. The summed E-state index contributed by atoms with van der Waals surface area (Å²) < 4.78 is 2.20. The summed E-state index contributed by atoms with van der Waals surface area (Å²) in [6.45, 7) is 1.12. The van der Waals surface area contributed by atoms with Gasteiger partial charge in [-0.25, -0.2) is 0 Å². The van der Waals surface area contributed by atoms with Gasteiger partial charge in [0.25, 0.3) is 0 Å². The summed E-state index contributed by atoms with van der Waals surface area (Å²) in [5.74, 6) is 1.19. The van der Waals surface area contributed by atoms with Crippen LogP contribution in [-0.2, 0) is 6.54 Å². The molecule has 1 aromatic heterocycles. The second-order valence-electron chi connectivity index (χ2n) is 1.91. The Morgan fingerprint density at radius 1 is 1.30 bits per heavy atom. The lowest BCUT2D eigenvalue weighted by Gasteiger charge is -1.98. The molecule has 0 saturated carbocycles. The second-order valence-corrected chi connectivity index (χ2v) is 4.59. The molecule has 1 nitrogen and oxygen atoms in total. The van der Waals surface area contributed by atoms with Crippen molar-refractivity contribution >= 4 is 21.6 Å². The van der Waals surface area contributed by atoms with Crippen LogP contribution in [0.1, 0.15) is 0 Å². The van der Waals surface area contributed by atoms with Crippen LogP contribution >= 0.6 is 21.6 Å². The molecule has 3 heteroatoms. The first-order valence-electron chi connectivity index (χ1n) is 3.20. The summed E-state index contributed by atoms with van der Waals surface area (Å²) in [4.78, 5) is 0. The molecule has 0 aliphatic rings. The first-order chi connectivity index (χ1) is 4.93. The maximum atomic E-state index is 2.20. The molecule has 0 saturated heterocycles. The number of aryl methyl sites for hydroxylation is 1. The fraction of sp³-hybridized carbons (Fsp3) is 0.429. The van der Waals surface area contributed by atoms with Crippen LogP contribution < -0.4 is 0 Å². The van der Waals surface area contributed by atoms with Gasteiger partial charge in [-0.05, 0) is 18.4 Å². The van der Waals surface area contributed by atoms with E-state index in [2.05, 4.69) is 35.3 Å². The highest BCUT2D eigenvalue weighted by molar-refractivity contribution is 8.76. The Labute approximate surface area is 69.6 Å². The zero-order chi connectivity index (χ0) is 7.23. The van der Waals surface area contributed by atoms with Crippen LogP contribution in [0, 0.1) is 0 Å². The quantitative estimate of drug-likeness (QED) is 0.509. The first kappa shape index (κ1) is 8.08. The van der Waals surface area contributed by atoms with E-state index in [1.165, 1.54) is 5.75 Å². The predicted octanol–water partition coefficient (Wildman–Crippen LogP) is 2.50. The summed E-state index contributed by atoms with van der Waals surface area (Å²) >= 11 is 0. The van der Waals surface area contributed by atoms with Gasteiger partial charge in [-0.15, -0.1) is 0 Å². The largest absolute Gasteiger partial charge is 0.353 e. The van der Waals surface area contributed by atoms with Crippen LogP contribution in [-0.4, -0.2) is 16.6 Å². The molecule has 1 rings (SSSR count). The highest BCUT2D eigenvalue weighted by atomic mass is 33.1. The topological polar surface area (TPSA) is 4.93 Å². The van der Waals surface area contributed by atoms with E-state index in [-0.39, 0.29) is 0 Å². The zero-order valence-electron chi connectivity index (χ0n) is 5.99. The van der Waals surface area contributed by atoms with Crippen LogP contribution in [0.2, 0.25) is 0 Å². The van der Waals surface area contributed by atoms with E-state index < -0.39 is 0 Å². The number of aromatic nitrogens is 1. The minimum atomic E-state index is 1.12. The van der Waals surface area contributed by atoms with Crippen molar-refractivity contribution in [3.05, 3.63) is 24.5 Å². The predicted molar refractivity (Wildman–Crippen MR) is 50.4 cm³/mol. The summed E-state index contributed by atoms with van der Waals surface area (Å²) in [6, 6.07) is 4.12. The molecule has 0 spiro atoms. The van der Waals surface area contributed by atoms with Gasteiger partial charge >= 0.3 is 0 Å². The minimum absolute atomic E-state index is 1.12. The molecule has 0 aromatic carbocycles. The maximum Gasteiger partial charge on any atom is 0.0318 e. The van der Waals surface area contributed by atoms with Gasteiger partial charge in [0, 0.05) is 24.7 Å². The Kier molecular flexibility index (Phi) is 3.83. The fourth-order valence-electron chi connectivity index (χ4n) is 0.745. The molecular formula is C7H11NS2. The lowest BCUT2D eigenvalue weighted by Crippen LogP contribution is -1.94. The molecule has 0 aliphatic carbocycles. The zero-order valence-corrected chi connectivity index (χ0v) is 7.62. The van der Waals surface area contributed by atoms with Gasteiger partial charge in [0.1, 0.15) is 0 Å². The second kappa shape index (κ2) is 4.74. The molecular weight excluding hydrogens is 162 g/mol. The number of hydrogen-bond donors (Lipinski definition) is 0. The van der Waals surface area contributed by atoms with Crippen molar-refractivity contribution in [1.82, 2.24) is 4.57 Å². The molecule has 0 fully saturated rings. The Morgan fingerprint density at radius 3 is 2.60 bits per heavy atom. The monoisotopic (exact) mass is 173 g/mol. The van der Waals surface area contributed by atoms with Crippen molar-refractivity contribution in [3.8, 4) is 0 Å². The Bertz CT molecular complexity index is 160. The van der Waals surface area contributed by atoms with E-state index in [1.807, 2.05) is 21.6 Å². The highest BCUT2D eigenvalue weighted by Gasteiger charge is 1.87. The van der Waals surface area contributed by atoms with Crippen molar-refractivity contribution in [2.24, 2.45) is 0 Å². The normalized spacial score (nSPS) is 10.1. The molecule has 0 unspecified atom stereocenters. The SMILES string of the molecule is CSSCCn1cccc1. The molecule has 0 bridgehead atoms. The summed E-state index contributed by atoms with van der Waals surface area (Å²) in [5, 5.41) is 0. The lowest BCUT2D eigenvalue weighted by molar-refractivity contribution is 0.780. The molecule has 0 amide bonds. The van der Waals surface area contributed by atoms with Crippen molar-refractivity contribution in [1.29, 1.82) is 0 Å². The fourth-order valence-corrected chi connectivity index (χ4v) is 1.92. The third-order valence-electron chi connectivity index (χ3n) is 1.22. The Hall–Kier alpha value is -0.0200. The first-order valence-corrected chi connectivity index (χ1v) is 5.92. The number of rotatable bonds is 4. The van der Waals surface area contributed by atoms with Gasteiger partial charge < -0.3 is 4.57 Å². The van der Waals surface area contributed by atoms with Gasteiger partial charge in [-0.1, -0.05) is 21.6 Å². The van der Waals surface area contributed by atoms with Crippen LogP contribution in [0.15, 0.2) is 24.5 Å². The van der Waals surface area contributed by atoms with E-state index in [9.17, 15) is 0 Å². The molecule has 56 valence electrons. The smallest absolute Gasteiger partial charge is 0.0318 e. The van der Waals surface area contributed by atoms with Crippen LogP contribution in [0.4, 0.5) is 0 Å². The molecule has 0 atom stereocenters. The van der Waals surface area contributed by atoms with Crippen LogP contribution in [0.3, 0.4) is 0 Å². The van der Waals surface area contributed by atoms with Gasteiger partial charge in [0.15, 0.2) is 0 Å². The van der Waals surface area contributed by atoms with E-state index in [0.29, 0.717) is 0 Å². The van der Waals surface area contributed by atoms with Gasteiger partial charge in [-0.2, -0.15) is 0 Å². The average molecular weight is 173 g/mol. The third-order valence-corrected chi connectivity index (χ3v) is 3.01. The summed E-state index contributed by atoms with van der Waals surface area (Å²) in [6.07, 6.45) is 6.31. The molecule has 1 heterocycles. The van der Waals surface area contributed by atoms with Crippen LogP contribution in [0.5, 0.6) is 0 Å². The lowest BCUT2D eigenvalue weighted by atomic mass is 10.7. The van der Waals surface area contributed by atoms with Crippen molar-refractivity contribution in [2.45, 2.75) is 6.54 Å².